The van der Waals surface area contributed by atoms with Gasteiger partial charge in [-0.1, -0.05) is 85.3 Å². The molecule has 3 N–H and O–H groups in total. The van der Waals surface area contributed by atoms with E-state index in [2.05, 4.69) is 87.9 Å². The van der Waals surface area contributed by atoms with Gasteiger partial charge in [-0.15, -0.1) is 5.54 Å². The largest absolute Gasteiger partial charge is 0.405 e. The highest BCUT2D eigenvalue weighted by molar-refractivity contribution is 6.83. The first-order chi connectivity index (χ1) is 20.2. The van der Waals surface area contributed by atoms with Crippen molar-refractivity contribution in [2.24, 2.45) is 0 Å². The van der Waals surface area contributed by atoms with Crippen LogP contribution in [-0.4, -0.2) is 71.5 Å². The molecule has 0 saturated carbocycles. The van der Waals surface area contributed by atoms with Crippen LogP contribution >= 0.6 is 0 Å². The summed E-state index contributed by atoms with van der Waals surface area (Å²) in [4.78, 5) is 21.8. The summed E-state index contributed by atoms with van der Waals surface area (Å²) >= 11 is 0. The van der Waals surface area contributed by atoms with E-state index < -0.39 is 47.0 Å². The number of anilines is 1. The number of rotatable bonds is 9. The smallest absolute Gasteiger partial charge is 0.256 e. The molecule has 4 rings (SSSR count). The van der Waals surface area contributed by atoms with Gasteiger partial charge in [0, 0.05) is 11.8 Å². The zero-order valence-corrected chi connectivity index (χ0v) is 28.8. The molecule has 0 bridgehead atoms. The van der Waals surface area contributed by atoms with E-state index in [0.717, 1.165) is 0 Å². The topological polar surface area (TPSA) is 119 Å². The number of aromatic nitrogens is 3. The summed E-state index contributed by atoms with van der Waals surface area (Å²) in [7, 11) is -4.49. The Bertz CT molecular complexity index is 1470. The van der Waals surface area contributed by atoms with E-state index in [9.17, 15) is 15.0 Å². The predicted octanol–water partition coefficient (Wildman–Crippen LogP) is 5.75. The zero-order valence-electron chi connectivity index (χ0n) is 26.8. The van der Waals surface area contributed by atoms with E-state index in [4.69, 9.17) is 9.16 Å². The van der Waals surface area contributed by atoms with Gasteiger partial charge in [-0.05, 0) is 34.8 Å². The third kappa shape index (κ3) is 6.36. The van der Waals surface area contributed by atoms with Gasteiger partial charge in [-0.25, -0.2) is 9.97 Å². The maximum atomic E-state index is 12.9. The van der Waals surface area contributed by atoms with E-state index in [1.165, 1.54) is 6.33 Å². The fraction of sp³-hybridized carbons (Fsp3) is 0.531. The standard InChI is InChI=1S/C32H46N4O5Si2/c1-21(2)43(22(3)4,23(5)6)41-27-31(40-26(19-37)32(27,39)16-18-42(7,8)9)36-17-15-25-28(33-20-34-29(25)36)35-30(38)24-13-11-10-12-14-24/h10-15,17,20-23,26-27,31,37,39H,19H2,1-9H3,(H,33,34,35,38)/t26-,27+,31-,32+/m1/s1. The summed E-state index contributed by atoms with van der Waals surface area (Å²) in [5.74, 6) is 3.23. The quantitative estimate of drug-likeness (QED) is 0.206. The Hall–Kier alpha value is -2.86. The minimum atomic E-state index is -2.57. The summed E-state index contributed by atoms with van der Waals surface area (Å²) in [5.41, 5.74) is 3.28. The second kappa shape index (κ2) is 12.6. The molecule has 2 aromatic heterocycles. The molecule has 1 aliphatic rings. The maximum absolute atomic E-state index is 12.9. The van der Waals surface area contributed by atoms with Gasteiger partial charge >= 0.3 is 0 Å². The van der Waals surface area contributed by atoms with Crippen LogP contribution in [0.5, 0.6) is 0 Å². The van der Waals surface area contributed by atoms with E-state index in [1.807, 2.05) is 12.1 Å². The molecule has 232 valence electrons. The number of hydrogen-bond acceptors (Lipinski definition) is 7. The van der Waals surface area contributed by atoms with Crippen molar-refractivity contribution in [3.05, 3.63) is 54.5 Å². The van der Waals surface area contributed by atoms with Crippen molar-refractivity contribution < 1.29 is 24.2 Å². The number of nitrogens with zero attached hydrogens (tertiary/aromatic N) is 3. The first-order valence-electron chi connectivity index (χ1n) is 15.0. The monoisotopic (exact) mass is 622 g/mol. The van der Waals surface area contributed by atoms with Crippen molar-refractivity contribution in [3.8, 4) is 11.5 Å². The number of ether oxygens (including phenoxy) is 1. The molecule has 1 amide bonds. The lowest BCUT2D eigenvalue weighted by Crippen LogP contribution is -2.58. The van der Waals surface area contributed by atoms with Crippen LogP contribution in [0.25, 0.3) is 11.0 Å². The fourth-order valence-corrected chi connectivity index (χ4v) is 12.5. The van der Waals surface area contributed by atoms with Gasteiger partial charge in [-0.2, -0.15) is 0 Å². The molecule has 0 radical (unpaired) electrons. The van der Waals surface area contributed by atoms with Gasteiger partial charge in [0.2, 0.25) is 8.32 Å². The van der Waals surface area contributed by atoms with Crippen LogP contribution < -0.4 is 5.32 Å². The Morgan fingerprint density at radius 3 is 2.26 bits per heavy atom. The Balaban J connectivity index is 1.86. The van der Waals surface area contributed by atoms with E-state index in [-0.39, 0.29) is 22.5 Å². The maximum Gasteiger partial charge on any atom is 0.256 e. The number of nitrogens with one attached hydrogen (secondary N) is 1. The normalized spacial score (nSPS) is 22.8. The third-order valence-corrected chi connectivity index (χ3v) is 15.3. The highest BCUT2D eigenvalue weighted by Gasteiger charge is 2.60. The van der Waals surface area contributed by atoms with Gasteiger partial charge in [0.1, 0.15) is 38.1 Å². The summed E-state index contributed by atoms with van der Waals surface area (Å²) in [6.45, 7) is 19.0. The third-order valence-electron chi connectivity index (χ3n) is 8.38. The van der Waals surface area contributed by atoms with Crippen molar-refractivity contribution in [1.82, 2.24) is 14.5 Å². The number of fused-ring (bicyclic) bond motifs is 1. The molecule has 1 fully saturated rings. The van der Waals surface area contributed by atoms with Crippen LogP contribution in [0.4, 0.5) is 5.82 Å². The second-order valence-corrected chi connectivity index (χ2v) is 23.5. The molecule has 11 heteroatoms. The van der Waals surface area contributed by atoms with Crippen molar-refractivity contribution in [3.63, 3.8) is 0 Å². The van der Waals surface area contributed by atoms with E-state index in [0.29, 0.717) is 22.4 Å². The first-order valence-corrected chi connectivity index (χ1v) is 20.7. The SMILES string of the molecule is CC(C)[Si](O[C@H]1[C@H](n2ccc3c(NC(=O)c4ccccc4)ncnc32)O[C@H](CO)[C@@]1(O)C#C[Si](C)(C)C)(C(C)C)C(C)C. The van der Waals surface area contributed by atoms with Crippen LogP contribution in [-0.2, 0) is 9.16 Å². The Kier molecular flexibility index (Phi) is 9.71. The number of benzene rings is 1. The summed E-state index contributed by atoms with van der Waals surface area (Å²) in [6.07, 6.45) is 0.446. The van der Waals surface area contributed by atoms with Crippen LogP contribution in [0.1, 0.15) is 58.1 Å². The molecule has 0 aliphatic carbocycles. The summed E-state index contributed by atoms with van der Waals surface area (Å²) in [5, 5.41) is 26.4. The van der Waals surface area contributed by atoms with Crippen molar-refractivity contribution in [1.29, 1.82) is 0 Å². The molecule has 9 nitrogen and oxygen atoms in total. The number of amides is 1. The Morgan fingerprint density at radius 1 is 1.07 bits per heavy atom. The van der Waals surface area contributed by atoms with E-state index in [1.54, 1.807) is 35.0 Å². The number of aliphatic hydroxyl groups excluding tert-OH is 1. The van der Waals surface area contributed by atoms with Crippen LogP contribution in [0.15, 0.2) is 48.9 Å². The molecular formula is C32H46N4O5Si2. The lowest BCUT2D eigenvalue weighted by molar-refractivity contribution is -0.0604. The number of hydrogen-bond donors (Lipinski definition) is 3. The van der Waals surface area contributed by atoms with Crippen molar-refractivity contribution >= 4 is 39.1 Å². The molecule has 0 spiro atoms. The molecule has 1 aliphatic heterocycles. The van der Waals surface area contributed by atoms with Gasteiger partial charge in [0.15, 0.2) is 11.8 Å². The Morgan fingerprint density at radius 2 is 1.70 bits per heavy atom. The van der Waals surface area contributed by atoms with Crippen molar-refractivity contribution in [2.45, 2.75) is 102 Å². The van der Waals surface area contributed by atoms with Gasteiger partial charge in [0.05, 0.1) is 12.0 Å². The summed E-state index contributed by atoms with van der Waals surface area (Å²) < 4.78 is 15.5. The first kappa shape index (κ1) is 33.0. The number of aliphatic hydroxyl groups is 2. The predicted molar refractivity (Wildman–Crippen MR) is 175 cm³/mol. The van der Waals surface area contributed by atoms with Gasteiger partial charge in [0.25, 0.3) is 5.91 Å². The average molecular weight is 623 g/mol. The molecule has 43 heavy (non-hydrogen) atoms. The highest BCUT2D eigenvalue weighted by atomic mass is 28.4. The number of carbonyl (C=O) groups is 1. The molecular weight excluding hydrogens is 577 g/mol. The van der Waals surface area contributed by atoms with Gasteiger partial charge < -0.3 is 29.3 Å². The van der Waals surface area contributed by atoms with Crippen LogP contribution in [0.3, 0.4) is 0 Å². The molecule has 1 saturated heterocycles. The molecule has 1 aromatic carbocycles. The fourth-order valence-electron chi connectivity index (χ4n) is 6.40. The Labute approximate surface area is 257 Å². The zero-order chi connectivity index (χ0) is 31.7. The highest BCUT2D eigenvalue weighted by Crippen LogP contribution is 2.49. The molecule has 4 atom stereocenters. The van der Waals surface area contributed by atoms with Crippen LogP contribution in [0, 0.1) is 11.5 Å². The van der Waals surface area contributed by atoms with Crippen molar-refractivity contribution in [2.75, 3.05) is 11.9 Å². The molecule has 3 aromatic rings. The summed E-state index contributed by atoms with van der Waals surface area (Å²) in [6, 6.07) is 10.7. The van der Waals surface area contributed by atoms with Crippen LogP contribution in [0.2, 0.25) is 36.3 Å². The minimum absolute atomic E-state index is 0.235. The minimum Gasteiger partial charge on any atom is -0.405 e. The average Bonchev–Trinajstić information content (AvgIpc) is 3.49. The lowest BCUT2D eigenvalue weighted by atomic mass is 9.93. The lowest BCUT2D eigenvalue weighted by Gasteiger charge is -2.46. The molecule has 0 unspecified atom stereocenters. The molecule has 3 heterocycles. The number of carbonyl (C=O) groups excluding carboxylic acids is 1. The second-order valence-electron chi connectivity index (χ2n) is 13.4. The van der Waals surface area contributed by atoms with Gasteiger partial charge in [-0.3, -0.25) is 4.79 Å². The van der Waals surface area contributed by atoms with E-state index >= 15 is 0 Å².